The van der Waals surface area contributed by atoms with E-state index in [9.17, 15) is 0 Å². The molecule has 0 radical (unpaired) electrons. The maximum absolute atomic E-state index is 4.21. The number of aryl methyl sites for hydroxylation is 1. The third-order valence-corrected chi connectivity index (χ3v) is 3.03. The Kier molecular flexibility index (Phi) is 7.45. The van der Waals surface area contributed by atoms with E-state index in [0.717, 1.165) is 5.75 Å². The summed E-state index contributed by atoms with van der Waals surface area (Å²) in [6, 6.07) is 10.8. The second-order valence-corrected chi connectivity index (χ2v) is 4.53. The van der Waals surface area contributed by atoms with E-state index in [1.54, 1.807) is 0 Å². The standard InChI is InChI=1S/C14H22S/c15-13-9-4-2-1-3-6-10-14-11-7-5-8-12-14/h5,7-8,11-12,15H,1-4,6,9-10,13H2. The second-order valence-electron chi connectivity index (χ2n) is 4.08. The first-order valence-corrected chi connectivity index (χ1v) is 6.71. The summed E-state index contributed by atoms with van der Waals surface area (Å²) in [5.41, 5.74) is 1.48. The molecule has 0 aromatic heterocycles. The minimum absolute atomic E-state index is 1.05. The van der Waals surface area contributed by atoms with Crippen molar-refractivity contribution < 1.29 is 0 Å². The molecule has 0 saturated heterocycles. The Morgan fingerprint density at radius 1 is 0.733 bits per heavy atom. The van der Waals surface area contributed by atoms with Gasteiger partial charge >= 0.3 is 0 Å². The molecule has 1 heteroatoms. The number of benzene rings is 1. The van der Waals surface area contributed by atoms with E-state index in [2.05, 4.69) is 43.0 Å². The molecule has 0 bridgehead atoms. The van der Waals surface area contributed by atoms with Gasteiger partial charge in [-0.3, -0.25) is 0 Å². The molecule has 0 saturated carbocycles. The molecule has 1 rings (SSSR count). The van der Waals surface area contributed by atoms with Crippen LogP contribution in [-0.2, 0) is 6.42 Å². The first-order valence-electron chi connectivity index (χ1n) is 6.08. The van der Waals surface area contributed by atoms with Crippen molar-refractivity contribution in [3.05, 3.63) is 35.9 Å². The molecular formula is C14H22S. The Bertz CT molecular complexity index is 230. The van der Waals surface area contributed by atoms with E-state index in [0.29, 0.717) is 0 Å². The number of hydrogen-bond donors (Lipinski definition) is 1. The smallest absolute Gasteiger partial charge is 0.00979 e. The number of hydrogen-bond acceptors (Lipinski definition) is 1. The van der Waals surface area contributed by atoms with Gasteiger partial charge in [-0.1, -0.05) is 56.0 Å². The number of unbranched alkanes of at least 4 members (excludes halogenated alkanes) is 5. The van der Waals surface area contributed by atoms with Crippen molar-refractivity contribution in [3.8, 4) is 0 Å². The summed E-state index contributed by atoms with van der Waals surface area (Å²) in [5, 5.41) is 0. The summed E-state index contributed by atoms with van der Waals surface area (Å²) >= 11 is 4.21. The number of thiol groups is 1. The highest BCUT2D eigenvalue weighted by Crippen LogP contribution is 2.09. The van der Waals surface area contributed by atoms with Crippen molar-refractivity contribution in [3.63, 3.8) is 0 Å². The molecule has 1 aromatic carbocycles. The van der Waals surface area contributed by atoms with Crippen LogP contribution in [0.4, 0.5) is 0 Å². The molecule has 0 N–H and O–H groups in total. The fourth-order valence-electron chi connectivity index (χ4n) is 1.79. The molecule has 0 heterocycles. The maximum atomic E-state index is 4.21. The zero-order valence-electron chi connectivity index (χ0n) is 9.49. The Morgan fingerprint density at radius 3 is 2.00 bits per heavy atom. The lowest BCUT2D eigenvalue weighted by Gasteiger charge is -2.01. The summed E-state index contributed by atoms with van der Waals surface area (Å²) in [7, 11) is 0. The Hall–Kier alpha value is -0.430. The molecule has 1 aromatic rings. The van der Waals surface area contributed by atoms with E-state index in [1.807, 2.05) is 0 Å². The summed E-state index contributed by atoms with van der Waals surface area (Å²) in [5.74, 6) is 1.05. The van der Waals surface area contributed by atoms with Crippen LogP contribution in [0.3, 0.4) is 0 Å². The van der Waals surface area contributed by atoms with E-state index in [1.165, 1.54) is 50.5 Å². The van der Waals surface area contributed by atoms with Crippen molar-refractivity contribution in [2.24, 2.45) is 0 Å². The highest BCUT2D eigenvalue weighted by atomic mass is 32.1. The van der Waals surface area contributed by atoms with Crippen molar-refractivity contribution >= 4 is 12.6 Å². The van der Waals surface area contributed by atoms with Gasteiger partial charge in [0, 0.05) is 0 Å². The highest BCUT2D eigenvalue weighted by molar-refractivity contribution is 7.80. The first-order chi connectivity index (χ1) is 7.43. The van der Waals surface area contributed by atoms with Gasteiger partial charge in [0.05, 0.1) is 0 Å². The van der Waals surface area contributed by atoms with Crippen LogP contribution in [0.15, 0.2) is 30.3 Å². The van der Waals surface area contributed by atoms with E-state index < -0.39 is 0 Å². The van der Waals surface area contributed by atoms with Gasteiger partial charge in [0.15, 0.2) is 0 Å². The summed E-state index contributed by atoms with van der Waals surface area (Å²) < 4.78 is 0. The highest BCUT2D eigenvalue weighted by Gasteiger charge is 1.93. The lowest BCUT2D eigenvalue weighted by atomic mass is 10.1. The van der Waals surface area contributed by atoms with Gasteiger partial charge in [-0.15, -0.1) is 0 Å². The molecule has 0 unspecified atom stereocenters. The minimum atomic E-state index is 1.05. The summed E-state index contributed by atoms with van der Waals surface area (Å²) in [4.78, 5) is 0. The lowest BCUT2D eigenvalue weighted by Crippen LogP contribution is -1.86. The predicted octanol–water partition coefficient (Wildman–Crippen LogP) is 4.50. The normalized spacial score (nSPS) is 10.5. The van der Waals surface area contributed by atoms with Crippen molar-refractivity contribution in [2.45, 2.75) is 44.9 Å². The van der Waals surface area contributed by atoms with E-state index in [-0.39, 0.29) is 0 Å². The molecule has 0 fully saturated rings. The molecule has 0 atom stereocenters. The van der Waals surface area contributed by atoms with Crippen LogP contribution in [0, 0.1) is 0 Å². The Labute approximate surface area is 99.5 Å². The number of rotatable bonds is 8. The average Bonchev–Trinajstić information content (AvgIpc) is 2.29. The van der Waals surface area contributed by atoms with E-state index in [4.69, 9.17) is 0 Å². The second kappa shape index (κ2) is 8.84. The van der Waals surface area contributed by atoms with Crippen LogP contribution in [0.25, 0.3) is 0 Å². The molecule has 84 valence electrons. The molecule has 0 aliphatic carbocycles. The molecular weight excluding hydrogens is 200 g/mol. The molecule has 15 heavy (non-hydrogen) atoms. The van der Waals surface area contributed by atoms with Crippen LogP contribution < -0.4 is 0 Å². The predicted molar refractivity (Wildman–Crippen MR) is 71.7 cm³/mol. The topological polar surface area (TPSA) is 0 Å². The van der Waals surface area contributed by atoms with Gasteiger partial charge in [-0.2, -0.15) is 12.6 Å². The third-order valence-electron chi connectivity index (χ3n) is 2.72. The maximum Gasteiger partial charge on any atom is -0.00979 e. The zero-order chi connectivity index (χ0) is 10.8. The fourth-order valence-corrected chi connectivity index (χ4v) is 2.02. The third kappa shape index (κ3) is 6.62. The Morgan fingerprint density at radius 2 is 1.33 bits per heavy atom. The minimum Gasteiger partial charge on any atom is -0.179 e. The SMILES string of the molecule is SCCCCCCCCc1ccccc1. The quantitative estimate of drug-likeness (QED) is 0.486. The molecule has 0 amide bonds. The largest absolute Gasteiger partial charge is 0.179 e. The van der Waals surface area contributed by atoms with Crippen LogP contribution in [-0.4, -0.2) is 5.75 Å². The molecule has 0 aliphatic heterocycles. The van der Waals surface area contributed by atoms with Gasteiger partial charge in [-0.25, -0.2) is 0 Å². The van der Waals surface area contributed by atoms with Crippen molar-refractivity contribution in [2.75, 3.05) is 5.75 Å². The molecule has 0 nitrogen and oxygen atoms in total. The average molecular weight is 222 g/mol. The summed E-state index contributed by atoms with van der Waals surface area (Å²) in [6.45, 7) is 0. The van der Waals surface area contributed by atoms with Crippen LogP contribution in [0.2, 0.25) is 0 Å². The monoisotopic (exact) mass is 222 g/mol. The van der Waals surface area contributed by atoms with Gasteiger partial charge in [0.1, 0.15) is 0 Å². The van der Waals surface area contributed by atoms with Gasteiger partial charge < -0.3 is 0 Å². The fraction of sp³-hybridized carbons (Fsp3) is 0.571. The summed E-state index contributed by atoms with van der Waals surface area (Å²) in [6.07, 6.45) is 9.37. The molecule has 0 aliphatic rings. The van der Waals surface area contributed by atoms with Crippen LogP contribution in [0.5, 0.6) is 0 Å². The van der Waals surface area contributed by atoms with Crippen molar-refractivity contribution in [1.29, 1.82) is 0 Å². The Balaban J connectivity index is 1.93. The van der Waals surface area contributed by atoms with Gasteiger partial charge in [-0.05, 0) is 30.6 Å². The van der Waals surface area contributed by atoms with Gasteiger partial charge in [0.2, 0.25) is 0 Å². The molecule has 0 spiro atoms. The van der Waals surface area contributed by atoms with Gasteiger partial charge in [0.25, 0.3) is 0 Å². The van der Waals surface area contributed by atoms with Crippen molar-refractivity contribution in [1.82, 2.24) is 0 Å². The first kappa shape index (κ1) is 12.6. The van der Waals surface area contributed by atoms with Crippen LogP contribution >= 0.6 is 12.6 Å². The van der Waals surface area contributed by atoms with E-state index >= 15 is 0 Å². The lowest BCUT2D eigenvalue weighted by molar-refractivity contribution is 0.609. The van der Waals surface area contributed by atoms with Crippen LogP contribution in [0.1, 0.15) is 44.1 Å². The zero-order valence-corrected chi connectivity index (χ0v) is 10.4.